The molecule has 0 unspecified atom stereocenters. The molecule has 2 fully saturated rings. The van der Waals surface area contributed by atoms with Gasteiger partial charge in [-0.3, -0.25) is 4.90 Å². The monoisotopic (exact) mass is 294 g/mol. The standard InChI is InChI=1S/C18H22N4/c19-10-15-5-3-14(4-6-15)8-16-9-17(21-12-16)13-22-7-1-2-18(22)11-20/h3-6,16-18,21H,1-2,7-9,12-13H2/t16-,17-,18-/m0/s1. The third kappa shape index (κ3) is 3.47. The molecule has 4 heteroatoms. The van der Waals surface area contributed by atoms with Crippen molar-refractivity contribution in [2.75, 3.05) is 19.6 Å². The average Bonchev–Trinajstić information content (AvgIpc) is 3.18. The number of rotatable bonds is 4. The molecule has 1 N–H and O–H groups in total. The van der Waals surface area contributed by atoms with E-state index in [1.54, 1.807) is 0 Å². The molecule has 0 amide bonds. The minimum atomic E-state index is 0.124. The van der Waals surface area contributed by atoms with Crippen molar-refractivity contribution < 1.29 is 0 Å². The molecule has 0 bridgehead atoms. The number of benzene rings is 1. The second-order valence-corrected chi connectivity index (χ2v) is 6.50. The van der Waals surface area contributed by atoms with E-state index in [1.807, 2.05) is 12.1 Å². The molecule has 0 spiro atoms. The average molecular weight is 294 g/mol. The molecule has 2 saturated heterocycles. The van der Waals surface area contributed by atoms with Gasteiger partial charge in [0.25, 0.3) is 0 Å². The fourth-order valence-electron chi connectivity index (χ4n) is 3.72. The lowest BCUT2D eigenvalue weighted by molar-refractivity contribution is 0.264. The third-order valence-corrected chi connectivity index (χ3v) is 4.89. The van der Waals surface area contributed by atoms with Crippen LogP contribution in [0.2, 0.25) is 0 Å². The molecule has 2 aliphatic heterocycles. The summed E-state index contributed by atoms with van der Waals surface area (Å²) in [7, 11) is 0. The normalized spacial score (nSPS) is 28.4. The van der Waals surface area contributed by atoms with E-state index in [0.29, 0.717) is 12.0 Å². The van der Waals surface area contributed by atoms with E-state index in [-0.39, 0.29) is 6.04 Å². The summed E-state index contributed by atoms with van der Waals surface area (Å²) in [4.78, 5) is 2.34. The molecule has 0 saturated carbocycles. The lowest BCUT2D eigenvalue weighted by Crippen LogP contribution is -2.39. The molecule has 1 aromatic carbocycles. The quantitative estimate of drug-likeness (QED) is 0.923. The Labute approximate surface area is 132 Å². The highest BCUT2D eigenvalue weighted by molar-refractivity contribution is 5.31. The number of likely N-dealkylation sites (tertiary alicyclic amines) is 1. The van der Waals surface area contributed by atoms with Crippen LogP contribution < -0.4 is 5.32 Å². The molecule has 0 radical (unpaired) electrons. The highest BCUT2D eigenvalue weighted by atomic mass is 15.2. The van der Waals surface area contributed by atoms with Crippen molar-refractivity contribution in [1.82, 2.24) is 10.2 Å². The van der Waals surface area contributed by atoms with Gasteiger partial charge in [-0.25, -0.2) is 0 Å². The van der Waals surface area contributed by atoms with Crippen molar-refractivity contribution >= 4 is 0 Å². The van der Waals surface area contributed by atoms with Gasteiger partial charge in [-0.2, -0.15) is 10.5 Å². The third-order valence-electron chi connectivity index (χ3n) is 4.89. The zero-order valence-corrected chi connectivity index (χ0v) is 12.8. The maximum atomic E-state index is 9.16. The molecular formula is C18H22N4. The van der Waals surface area contributed by atoms with E-state index in [9.17, 15) is 0 Å². The molecule has 2 heterocycles. The lowest BCUT2D eigenvalue weighted by Gasteiger charge is -2.23. The summed E-state index contributed by atoms with van der Waals surface area (Å²) in [5, 5.41) is 21.6. The largest absolute Gasteiger partial charge is 0.312 e. The summed E-state index contributed by atoms with van der Waals surface area (Å²) >= 11 is 0. The molecule has 0 aliphatic carbocycles. The Morgan fingerprint density at radius 1 is 1.23 bits per heavy atom. The van der Waals surface area contributed by atoms with Crippen molar-refractivity contribution in [3.63, 3.8) is 0 Å². The highest BCUT2D eigenvalue weighted by Crippen LogP contribution is 2.23. The van der Waals surface area contributed by atoms with Crippen LogP contribution in [-0.4, -0.2) is 36.6 Å². The van der Waals surface area contributed by atoms with Crippen LogP contribution in [0, 0.1) is 28.6 Å². The maximum absolute atomic E-state index is 9.16. The molecule has 4 nitrogen and oxygen atoms in total. The maximum Gasteiger partial charge on any atom is 0.0991 e. The van der Waals surface area contributed by atoms with Gasteiger partial charge in [-0.15, -0.1) is 0 Å². The summed E-state index contributed by atoms with van der Waals surface area (Å²) in [6.45, 7) is 3.12. The van der Waals surface area contributed by atoms with Gasteiger partial charge >= 0.3 is 0 Å². The van der Waals surface area contributed by atoms with Gasteiger partial charge in [-0.05, 0) is 62.4 Å². The van der Waals surface area contributed by atoms with Crippen molar-refractivity contribution in [1.29, 1.82) is 10.5 Å². The van der Waals surface area contributed by atoms with Crippen LogP contribution >= 0.6 is 0 Å². The second-order valence-electron chi connectivity index (χ2n) is 6.50. The molecule has 2 aliphatic rings. The summed E-state index contributed by atoms with van der Waals surface area (Å²) in [5.41, 5.74) is 2.03. The first-order chi connectivity index (χ1) is 10.8. The number of nitrogens with zero attached hydrogens (tertiary/aromatic N) is 3. The van der Waals surface area contributed by atoms with E-state index in [1.165, 1.54) is 12.0 Å². The molecule has 1 aromatic rings. The van der Waals surface area contributed by atoms with Crippen molar-refractivity contribution in [2.24, 2.45) is 5.92 Å². The van der Waals surface area contributed by atoms with Crippen LogP contribution in [-0.2, 0) is 6.42 Å². The van der Waals surface area contributed by atoms with Crippen LogP contribution in [0.4, 0.5) is 0 Å². The molecule has 3 atom stereocenters. The predicted molar refractivity (Wildman–Crippen MR) is 85.0 cm³/mol. The van der Waals surface area contributed by atoms with Gasteiger partial charge in [0.15, 0.2) is 0 Å². The predicted octanol–water partition coefficient (Wildman–Crippen LogP) is 2.07. The van der Waals surface area contributed by atoms with E-state index in [2.05, 4.69) is 34.5 Å². The van der Waals surface area contributed by atoms with Gasteiger partial charge in [0, 0.05) is 12.6 Å². The molecule has 3 rings (SSSR count). The second kappa shape index (κ2) is 6.92. The first kappa shape index (κ1) is 15.0. The Hall–Kier alpha value is -1.88. The Bertz CT molecular complexity index is 581. The number of nitrogens with one attached hydrogen (secondary N) is 1. The van der Waals surface area contributed by atoms with E-state index in [4.69, 9.17) is 10.5 Å². The first-order valence-corrected chi connectivity index (χ1v) is 8.14. The highest BCUT2D eigenvalue weighted by Gasteiger charge is 2.30. The van der Waals surface area contributed by atoms with Crippen LogP contribution in [0.1, 0.15) is 30.4 Å². The molecule has 0 aromatic heterocycles. The number of hydrogen-bond donors (Lipinski definition) is 1. The zero-order valence-electron chi connectivity index (χ0n) is 12.8. The van der Waals surface area contributed by atoms with E-state index in [0.717, 1.165) is 44.5 Å². The smallest absolute Gasteiger partial charge is 0.0991 e. The van der Waals surface area contributed by atoms with Crippen LogP contribution in [0.3, 0.4) is 0 Å². The van der Waals surface area contributed by atoms with Crippen molar-refractivity contribution in [3.8, 4) is 12.1 Å². The van der Waals surface area contributed by atoms with Crippen LogP contribution in [0.15, 0.2) is 24.3 Å². The molecular weight excluding hydrogens is 272 g/mol. The summed E-state index contributed by atoms with van der Waals surface area (Å²) in [6, 6.07) is 13.2. The van der Waals surface area contributed by atoms with Gasteiger partial charge in [-0.1, -0.05) is 12.1 Å². The Morgan fingerprint density at radius 3 is 2.77 bits per heavy atom. The summed E-state index contributed by atoms with van der Waals surface area (Å²) < 4.78 is 0. The Kier molecular flexibility index (Phi) is 4.73. The fraction of sp³-hybridized carbons (Fsp3) is 0.556. The van der Waals surface area contributed by atoms with Crippen molar-refractivity contribution in [2.45, 2.75) is 37.8 Å². The number of hydrogen-bond acceptors (Lipinski definition) is 4. The van der Waals surface area contributed by atoms with Gasteiger partial charge in [0.05, 0.1) is 23.7 Å². The lowest BCUT2D eigenvalue weighted by atomic mass is 9.96. The summed E-state index contributed by atoms with van der Waals surface area (Å²) in [5.74, 6) is 0.654. The van der Waals surface area contributed by atoms with Crippen LogP contribution in [0.25, 0.3) is 0 Å². The van der Waals surface area contributed by atoms with Gasteiger partial charge < -0.3 is 5.32 Å². The summed E-state index contributed by atoms with van der Waals surface area (Å²) in [6.07, 6.45) is 4.42. The van der Waals surface area contributed by atoms with Gasteiger partial charge in [0.2, 0.25) is 0 Å². The molecule has 114 valence electrons. The van der Waals surface area contributed by atoms with Crippen LogP contribution in [0.5, 0.6) is 0 Å². The number of nitriles is 2. The molecule has 22 heavy (non-hydrogen) atoms. The van der Waals surface area contributed by atoms with Crippen molar-refractivity contribution in [3.05, 3.63) is 35.4 Å². The minimum absolute atomic E-state index is 0.124. The minimum Gasteiger partial charge on any atom is -0.312 e. The zero-order chi connectivity index (χ0) is 15.4. The topological polar surface area (TPSA) is 62.9 Å². The Balaban J connectivity index is 1.50. The SMILES string of the molecule is N#Cc1ccc(C[C@@H]2CN[C@H](CN3CCC[C@H]3C#N)C2)cc1. The van der Waals surface area contributed by atoms with E-state index < -0.39 is 0 Å². The fourth-order valence-corrected chi connectivity index (χ4v) is 3.72. The van der Waals surface area contributed by atoms with Gasteiger partial charge in [0.1, 0.15) is 0 Å². The first-order valence-electron chi connectivity index (χ1n) is 8.14. The van der Waals surface area contributed by atoms with E-state index >= 15 is 0 Å². The Morgan fingerprint density at radius 2 is 2.05 bits per heavy atom.